The predicted molar refractivity (Wildman–Crippen MR) is 80.6 cm³/mol. The van der Waals surface area contributed by atoms with E-state index in [1.54, 1.807) is 0 Å². The molecule has 0 atom stereocenters. The molecule has 0 aromatic heterocycles. The molecule has 1 amide bonds. The van der Waals surface area contributed by atoms with E-state index in [2.05, 4.69) is 41.8 Å². The first kappa shape index (κ1) is 13.6. The van der Waals surface area contributed by atoms with Gasteiger partial charge < -0.3 is 10.6 Å². The largest absolute Gasteiger partial charge is 0.353 e. The summed E-state index contributed by atoms with van der Waals surface area (Å²) < 4.78 is 0. The third kappa shape index (κ3) is 3.04. The van der Waals surface area contributed by atoms with Crippen LogP contribution in [-0.2, 0) is 11.2 Å². The molecule has 2 aliphatic rings. The maximum absolute atomic E-state index is 12.6. The molecule has 3 heteroatoms. The second kappa shape index (κ2) is 5.57. The minimum atomic E-state index is -0.112. The molecule has 108 valence electrons. The Morgan fingerprint density at radius 3 is 2.75 bits per heavy atom. The molecular formula is C17H24N2O. The van der Waals surface area contributed by atoms with Crippen LogP contribution in [0.2, 0.25) is 0 Å². The zero-order chi connectivity index (χ0) is 14.0. The Balaban J connectivity index is 1.61. The summed E-state index contributed by atoms with van der Waals surface area (Å²) in [6, 6.07) is 8.92. The van der Waals surface area contributed by atoms with Crippen LogP contribution in [0.15, 0.2) is 24.3 Å². The summed E-state index contributed by atoms with van der Waals surface area (Å²) in [5, 5.41) is 6.61. The van der Waals surface area contributed by atoms with Gasteiger partial charge in [0, 0.05) is 6.04 Å². The van der Waals surface area contributed by atoms with Crippen molar-refractivity contribution in [2.24, 2.45) is 5.41 Å². The summed E-state index contributed by atoms with van der Waals surface area (Å²) in [4.78, 5) is 12.6. The number of benzene rings is 1. The van der Waals surface area contributed by atoms with Crippen LogP contribution in [0, 0.1) is 12.3 Å². The van der Waals surface area contributed by atoms with Crippen LogP contribution in [0.3, 0.4) is 0 Å². The van der Waals surface area contributed by atoms with Gasteiger partial charge in [0.15, 0.2) is 0 Å². The maximum Gasteiger partial charge on any atom is 0.226 e. The summed E-state index contributed by atoms with van der Waals surface area (Å²) in [5.74, 6) is 0.283. The molecule has 1 saturated heterocycles. The number of hydrogen-bond acceptors (Lipinski definition) is 2. The molecule has 2 N–H and O–H groups in total. The van der Waals surface area contributed by atoms with Crippen LogP contribution in [0.25, 0.3) is 0 Å². The Morgan fingerprint density at radius 1 is 1.35 bits per heavy atom. The number of carbonyl (C=O) groups is 1. The van der Waals surface area contributed by atoms with Crippen molar-refractivity contribution < 1.29 is 4.79 Å². The fourth-order valence-corrected chi connectivity index (χ4v) is 3.15. The zero-order valence-corrected chi connectivity index (χ0v) is 12.2. The minimum absolute atomic E-state index is 0.112. The van der Waals surface area contributed by atoms with Crippen molar-refractivity contribution in [3.8, 4) is 0 Å². The van der Waals surface area contributed by atoms with Crippen LogP contribution in [-0.4, -0.2) is 25.0 Å². The summed E-state index contributed by atoms with van der Waals surface area (Å²) in [6.07, 6.45) is 5.10. The van der Waals surface area contributed by atoms with Gasteiger partial charge in [-0.15, -0.1) is 0 Å². The summed E-state index contributed by atoms with van der Waals surface area (Å²) in [7, 11) is 0. The molecule has 0 radical (unpaired) electrons. The van der Waals surface area contributed by atoms with Crippen molar-refractivity contribution in [3.05, 3.63) is 35.4 Å². The normalized spacial score (nSPS) is 21.4. The van der Waals surface area contributed by atoms with E-state index in [1.807, 2.05) is 0 Å². The average Bonchev–Trinajstić information content (AvgIpc) is 3.21. The highest BCUT2D eigenvalue weighted by atomic mass is 16.2. The molecule has 0 bridgehead atoms. The van der Waals surface area contributed by atoms with Crippen molar-refractivity contribution in [1.29, 1.82) is 0 Å². The molecule has 1 aromatic rings. The van der Waals surface area contributed by atoms with Crippen molar-refractivity contribution in [2.75, 3.05) is 13.1 Å². The SMILES string of the molecule is Cc1cccc(CC2(C(=O)NC3CCNCC3)CC2)c1. The molecule has 2 fully saturated rings. The lowest BCUT2D eigenvalue weighted by atomic mass is 9.93. The highest BCUT2D eigenvalue weighted by Crippen LogP contribution is 2.48. The highest BCUT2D eigenvalue weighted by Gasteiger charge is 2.49. The molecule has 3 rings (SSSR count). The summed E-state index contributed by atoms with van der Waals surface area (Å²) in [5.41, 5.74) is 2.46. The van der Waals surface area contributed by atoms with Gasteiger partial charge in [-0.3, -0.25) is 4.79 Å². The Hall–Kier alpha value is -1.35. The van der Waals surface area contributed by atoms with E-state index in [4.69, 9.17) is 0 Å². The zero-order valence-electron chi connectivity index (χ0n) is 12.2. The lowest BCUT2D eigenvalue weighted by molar-refractivity contribution is -0.127. The fourth-order valence-electron chi connectivity index (χ4n) is 3.15. The van der Waals surface area contributed by atoms with E-state index in [0.29, 0.717) is 6.04 Å². The van der Waals surface area contributed by atoms with Gasteiger partial charge in [-0.1, -0.05) is 29.8 Å². The van der Waals surface area contributed by atoms with Gasteiger partial charge in [-0.25, -0.2) is 0 Å². The van der Waals surface area contributed by atoms with E-state index in [0.717, 1.165) is 45.2 Å². The minimum Gasteiger partial charge on any atom is -0.353 e. The lowest BCUT2D eigenvalue weighted by Crippen LogP contribution is -2.45. The molecule has 0 unspecified atom stereocenters. The van der Waals surface area contributed by atoms with E-state index in [-0.39, 0.29) is 11.3 Å². The quantitative estimate of drug-likeness (QED) is 0.882. The number of rotatable bonds is 4. The molecule has 20 heavy (non-hydrogen) atoms. The van der Waals surface area contributed by atoms with E-state index in [1.165, 1.54) is 11.1 Å². The first-order chi connectivity index (χ1) is 9.68. The second-order valence-corrected chi connectivity index (χ2v) is 6.44. The monoisotopic (exact) mass is 272 g/mol. The standard InChI is InChI=1S/C17H24N2O/c1-13-3-2-4-14(11-13)12-17(7-8-17)16(20)19-15-5-9-18-10-6-15/h2-4,11,15,18H,5-10,12H2,1H3,(H,19,20). The van der Waals surface area contributed by atoms with Gasteiger partial charge in [0.25, 0.3) is 0 Å². The van der Waals surface area contributed by atoms with Crippen molar-refractivity contribution >= 4 is 5.91 Å². The highest BCUT2D eigenvalue weighted by molar-refractivity contribution is 5.85. The van der Waals surface area contributed by atoms with Crippen molar-refractivity contribution in [1.82, 2.24) is 10.6 Å². The Bertz CT molecular complexity index is 488. The molecule has 1 aliphatic carbocycles. The van der Waals surface area contributed by atoms with E-state index < -0.39 is 0 Å². The second-order valence-electron chi connectivity index (χ2n) is 6.44. The van der Waals surface area contributed by atoms with Crippen molar-refractivity contribution in [3.63, 3.8) is 0 Å². The van der Waals surface area contributed by atoms with Crippen LogP contribution >= 0.6 is 0 Å². The van der Waals surface area contributed by atoms with Gasteiger partial charge in [0.1, 0.15) is 0 Å². The van der Waals surface area contributed by atoms with Crippen molar-refractivity contribution in [2.45, 2.75) is 45.1 Å². The Morgan fingerprint density at radius 2 is 2.10 bits per heavy atom. The lowest BCUT2D eigenvalue weighted by Gasteiger charge is -2.26. The third-order valence-corrected chi connectivity index (χ3v) is 4.63. The van der Waals surface area contributed by atoms with Gasteiger partial charge in [-0.05, 0) is 57.7 Å². The molecule has 1 saturated carbocycles. The first-order valence-electron chi connectivity index (χ1n) is 7.75. The number of hydrogen-bond donors (Lipinski definition) is 2. The fraction of sp³-hybridized carbons (Fsp3) is 0.588. The average molecular weight is 272 g/mol. The number of carbonyl (C=O) groups excluding carboxylic acids is 1. The van der Waals surface area contributed by atoms with Crippen LogP contribution in [0.4, 0.5) is 0 Å². The molecule has 0 spiro atoms. The molecule has 1 heterocycles. The molecule has 1 aromatic carbocycles. The van der Waals surface area contributed by atoms with Crippen LogP contribution in [0.1, 0.15) is 36.8 Å². The summed E-state index contributed by atoms with van der Waals surface area (Å²) >= 11 is 0. The number of nitrogens with one attached hydrogen (secondary N) is 2. The first-order valence-corrected chi connectivity index (χ1v) is 7.75. The van der Waals surface area contributed by atoms with Crippen LogP contribution < -0.4 is 10.6 Å². The molecule has 1 aliphatic heterocycles. The van der Waals surface area contributed by atoms with Gasteiger partial charge in [-0.2, -0.15) is 0 Å². The summed E-state index contributed by atoms with van der Waals surface area (Å²) in [6.45, 7) is 4.16. The predicted octanol–water partition coefficient (Wildman–Crippen LogP) is 2.19. The Kier molecular flexibility index (Phi) is 3.79. The maximum atomic E-state index is 12.6. The number of amides is 1. The topological polar surface area (TPSA) is 41.1 Å². The number of piperidine rings is 1. The van der Waals surface area contributed by atoms with Gasteiger partial charge in [0.2, 0.25) is 5.91 Å². The van der Waals surface area contributed by atoms with Crippen LogP contribution in [0.5, 0.6) is 0 Å². The molecule has 3 nitrogen and oxygen atoms in total. The third-order valence-electron chi connectivity index (χ3n) is 4.63. The van der Waals surface area contributed by atoms with Gasteiger partial charge >= 0.3 is 0 Å². The number of aryl methyl sites for hydroxylation is 1. The molecular weight excluding hydrogens is 248 g/mol. The van der Waals surface area contributed by atoms with Gasteiger partial charge in [0.05, 0.1) is 5.41 Å². The van der Waals surface area contributed by atoms with E-state index >= 15 is 0 Å². The smallest absolute Gasteiger partial charge is 0.226 e. The van der Waals surface area contributed by atoms with E-state index in [9.17, 15) is 4.79 Å². The Labute approximate surface area is 121 Å².